The molecule has 0 aliphatic carbocycles. The minimum atomic E-state index is -0.181. The van der Waals surface area contributed by atoms with Gasteiger partial charge in [0.05, 0.1) is 17.1 Å². The fraction of sp³-hybridized carbons (Fsp3) is 0.100. The lowest BCUT2D eigenvalue weighted by atomic mass is 10.1. The molecule has 6 heteroatoms. The van der Waals surface area contributed by atoms with Gasteiger partial charge in [0, 0.05) is 21.8 Å². The van der Waals surface area contributed by atoms with Crippen molar-refractivity contribution in [3.63, 3.8) is 0 Å². The first-order valence-corrected chi connectivity index (χ1v) is 9.66. The minimum absolute atomic E-state index is 0.00933. The van der Waals surface area contributed by atoms with Gasteiger partial charge >= 0.3 is 4.87 Å². The van der Waals surface area contributed by atoms with Crippen LogP contribution in [-0.2, 0) is 6.54 Å². The molecule has 0 saturated carbocycles. The summed E-state index contributed by atoms with van der Waals surface area (Å²) >= 11 is 4.50. The summed E-state index contributed by atoms with van der Waals surface area (Å²) in [5.74, 6) is -0.00933. The van der Waals surface area contributed by atoms with E-state index in [1.807, 2.05) is 55.5 Å². The molecule has 4 rings (SSSR count). The van der Waals surface area contributed by atoms with Crippen molar-refractivity contribution in [3.05, 3.63) is 78.2 Å². The Hall–Kier alpha value is -2.44. The molecule has 0 bridgehead atoms. The number of benzene rings is 2. The van der Waals surface area contributed by atoms with Gasteiger partial charge < -0.3 is 5.11 Å². The molecule has 0 atom stereocenters. The van der Waals surface area contributed by atoms with E-state index < -0.39 is 0 Å². The molecule has 0 spiro atoms. The lowest BCUT2D eigenvalue weighted by Gasteiger charge is -2.05. The lowest BCUT2D eigenvalue weighted by molar-refractivity contribution is 0.420. The van der Waals surface area contributed by atoms with Crippen LogP contribution in [0.5, 0.6) is 5.88 Å². The first-order chi connectivity index (χ1) is 12.5. The van der Waals surface area contributed by atoms with Crippen LogP contribution in [0.25, 0.3) is 11.6 Å². The molecular weight excluding hydrogens is 412 g/mol. The highest BCUT2D eigenvalue weighted by Crippen LogP contribution is 2.36. The number of hydrogen-bond donors (Lipinski definition) is 1. The molecule has 1 N–H and O–H groups in total. The average molecular weight is 427 g/mol. The number of allylic oxidation sites excluding steroid dienone is 1. The minimum Gasteiger partial charge on any atom is -0.493 e. The zero-order valence-electron chi connectivity index (χ0n) is 13.9. The van der Waals surface area contributed by atoms with Gasteiger partial charge in [0.15, 0.2) is 0 Å². The Morgan fingerprint density at radius 3 is 2.77 bits per heavy atom. The second kappa shape index (κ2) is 6.70. The highest BCUT2D eigenvalue weighted by atomic mass is 79.9. The number of aryl methyl sites for hydroxylation is 1. The van der Waals surface area contributed by atoms with E-state index in [1.165, 1.54) is 4.57 Å². The molecule has 2 heterocycles. The molecule has 0 radical (unpaired) electrons. The summed E-state index contributed by atoms with van der Waals surface area (Å²) in [6.45, 7) is 2.36. The highest BCUT2D eigenvalue weighted by Gasteiger charge is 2.17. The zero-order chi connectivity index (χ0) is 18.3. The SMILES string of the molecule is Cc1ccc(Cn2c(O)c(C=C3C=Nc4ccc(Br)cc43)sc2=O)cc1. The van der Waals surface area contributed by atoms with Crippen LogP contribution in [0.1, 0.15) is 21.6 Å². The second-order valence-corrected chi connectivity index (χ2v) is 8.06. The Bertz CT molecular complexity index is 1110. The Morgan fingerprint density at radius 2 is 2.00 bits per heavy atom. The second-order valence-electron chi connectivity index (χ2n) is 6.15. The smallest absolute Gasteiger partial charge is 0.310 e. The van der Waals surface area contributed by atoms with Crippen molar-refractivity contribution in [1.82, 2.24) is 4.57 Å². The molecule has 1 aliphatic heterocycles. The molecule has 0 amide bonds. The molecule has 0 unspecified atom stereocenters. The number of nitrogens with zero attached hydrogens (tertiary/aromatic N) is 2. The summed E-state index contributed by atoms with van der Waals surface area (Å²) in [5, 5.41) is 10.6. The molecular formula is C20H15BrN2O2S. The Labute approximate surface area is 162 Å². The number of thiazole rings is 1. The fourth-order valence-corrected chi connectivity index (χ4v) is 4.04. The molecule has 4 nitrogen and oxygen atoms in total. The molecule has 130 valence electrons. The number of rotatable bonds is 3. The van der Waals surface area contributed by atoms with E-state index in [0.29, 0.717) is 11.4 Å². The van der Waals surface area contributed by atoms with E-state index in [1.54, 1.807) is 6.21 Å². The number of aliphatic imine (C=N–C) groups is 1. The molecule has 1 aliphatic rings. The van der Waals surface area contributed by atoms with E-state index in [9.17, 15) is 9.90 Å². The number of aromatic nitrogens is 1. The first-order valence-electron chi connectivity index (χ1n) is 8.05. The Kier molecular flexibility index (Phi) is 4.38. The summed E-state index contributed by atoms with van der Waals surface area (Å²) < 4.78 is 2.36. The lowest BCUT2D eigenvalue weighted by Crippen LogP contribution is -2.13. The number of hydrogen-bond acceptors (Lipinski definition) is 4. The standard InChI is InChI=1S/C20H15BrN2O2S/c1-12-2-4-13(5-3-12)11-23-19(24)18(26-20(23)25)8-14-10-22-17-7-6-15(21)9-16(14)17/h2-10,24H,11H2,1H3. The third-order valence-electron chi connectivity index (χ3n) is 4.25. The molecule has 0 saturated heterocycles. The van der Waals surface area contributed by atoms with Crippen molar-refractivity contribution in [1.29, 1.82) is 0 Å². The summed E-state index contributed by atoms with van der Waals surface area (Å²) in [5.41, 5.74) is 4.86. The maximum Gasteiger partial charge on any atom is 0.310 e. The molecule has 2 aromatic carbocycles. The van der Waals surface area contributed by atoms with Gasteiger partial charge in [-0.2, -0.15) is 0 Å². The van der Waals surface area contributed by atoms with Crippen molar-refractivity contribution in [2.75, 3.05) is 0 Å². The number of aromatic hydroxyl groups is 1. The van der Waals surface area contributed by atoms with Gasteiger partial charge in [0.1, 0.15) is 0 Å². The normalized spacial score (nSPS) is 14.2. The van der Waals surface area contributed by atoms with E-state index in [-0.39, 0.29) is 10.8 Å². The summed E-state index contributed by atoms with van der Waals surface area (Å²) in [7, 11) is 0. The van der Waals surface area contributed by atoms with E-state index >= 15 is 0 Å². The molecule has 26 heavy (non-hydrogen) atoms. The van der Waals surface area contributed by atoms with Crippen molar-refractivity contribution in [2.24, 2.45) is 4.99 Å². The van der Waals surface area contributed by atoms with Gasteiger partial charge in [-0.3, -0.25) is 14.4 Å². The highest BCUT2D eigenvalue weighted by molar-refractivity contribution is 9.10. The van der Waals surface area contributed by atoms with Crippen LogP contribution in [0.15, 0.2) is 56.7 Å². The van der Waals surface area contributed by atoms with Crippen LogP contribution in [0, 0.1) is 6.92 Å². The summed E-state index contributed by atoms with van der Waals surface area (Å²) in [6, 6.07) is 13.8. The maximum absolute atomic E-state index is 12.4. The van der Waals surface area contributed by atoms with Crippen LogP contribution < -0.4 is 4.87 Å². The van der Waals surface area contributed by atoms with Crippen LogP contribution in [-0.4, -0.2) is 15.9 Å². The van der Waals surface area contributed by atoms with Gasteiger partial charge in [0.2, 0.25) is 5.88 Å². The number of fused-ring (bicyclic) bond motifs is 1. The Morgan fingerprint density at radius 1 is 1.23 bits per heavy atom. The van der Waals surface area contributed by atoms with Gasteiger partial charge in [-0.25, -0.2) is 0 Å². The zero-order valence-corrected chi connectivity index (χ0v) is 16.3. The van der Waals surface area contributed by atoms with E-state index in [4.69, 9.17) is 0 Å². The van der Waals surface area contributed by atoms with Crippen molar-refractivity contribution in [2.45, 2.75) is 13.5 Å². The summed E-state index contributed by atoms with van der Waals surface area (Å²) in [6.07, 6.45) is 3.57. The first kappa shape index (κ1) is 17.0. The van der Waals surface area contributed by atoms with Crippen LogP contribution in [0.4, 0.5) is 5.69 Å². The predicted molar refractivity (Wildman–Crippen MR) is 111 cm³/mol. The van der Waals surface area contributed by atoms with Gasteiger partial charge in [-0.05, 0) is 36.8 Å². The van der Waals surface area contributed by atoms with Crippen molar-refractivity contribution >= 4 is 50.8 Å². The van der Waals surface area contributed by atoms with Gasteiger partial charge in [-0.15, -0.1) is 0 Å². The maximum atomic E-state index is 12.4. The van der Waals surface area contributed by atoms with Crippen molar-refractivity contribution in [3.8, 4) is 5.88 Å². The average Bonchev–Trinajstić information content (AvgIpc) is 3.13. The topological polar surface area (TPSA) is 54.6 Å². The molecule has 1 aromatic heterocycles. The predicted octanol–water partition coefficient (Wildman–Crippen LogP) is 4.99. The Balaban J connectivity index is 1.70. The van der Waals surface area contributed by atoms with Crippen molar-refractivity contribution < 1.29 is 5.11 Å². The van der Waals surface area contributed by atoms with Gasteiger partial charge in [-0.1, -0.05) is 57.1 Å². The number of halogens is 1. The molecule has 0 fully saturated rings. The monoisotopic (exact) mass is 426 g/mol. The fourth-order valence-electron chi connectivity index (χ4n) is 2.84. The summed E-state index contributed by atoms with van der Waals surface area (Å²) in [4.78, 5) is 17.1. The van der Waals surface area contributed by atoms with Crippen LogP contribution >= 0.6 is 27.3 Å². The van der Waals surface area contributed by atoms with Gasteiger partial charge in [0.25, 0.3) is 0 Å². The van der Waals surface area contributed by atoms with Crippen LogP contribution in [0.3, 0.4) is 0 Å². The van der Waals surface area contributed by atoms with E-state index in [2.05, 4.69) is 20.9 Å². The van der Waals surface area contributed by atoms with E-state index in [0.717, 1.165) is 43.8 Å². The molecule has 3 aromatic rings. The van der Waals surface area contributed by atoms with Crippen LogP contribution in [0.2, 0.25) is 0 Å². The largest absolute Gasteiger partial charge is 0.493 e. The third-order valence-corrected chi connectivity index (χ3v) is 5.66. The quantitative estimate of drug-likeness (QED) is 0.640. The third kappa shape index (κ3) is 3.18.